The third-order valence-electron chi connectivity index (χ3n) is 3.79. The van der Waals surface area contributed by atoms with E-state index in [-0.39, 0.29) is 11.8 Å². The van der Waals surface area contributed by atoms with Gasteiger partial charge in [0.15, 0.2) is 5.72 Å². The lowest BCUT2D eigenvalue weighted by Gasteiger charge is -2.46. The average Bonchev–Trinajstić information content (AvgIpc) is 2.37. The summed E-state index contributed by atoms with van der Waals surface area (Å²) in [7, 11) is 1.30. The predicted molar refractivity (Wildman–Crippen MR) is 66.5 cm³/mol. The molecular weight excluding hydrogens is 246 g/mol. The molecule has 1 aromatic carbocycles. The molecule has 0 spiro atoms. The molecule has 3 atom stereocenters. The van der Waals surface area contributed by atoms with Crippen molar-refractivity contribution >= 4 is 11.9 Å². The predicted octanol–water partition coefficient (Wildman–Crippen LogP) is 1.19. The molecule has 1 N–H and O–H groups in total. The second kappa shape index (κ2) is 3.98. The Labute approximate surface area is 110 Å². The smallest absolute Gasteiger partial charge is 0.318 e. The van der Waals surface area contributed by atoms with Crippen LogP contribution < -0.4 is 10.1 Å². The van der Waals surface area contributed by atoms with Gasteiger partial charge in [0, 0.05) is 12.3 Å². The SMILES string of the molecule is COC(=O)[C@@H]1C(=O)N[C@@]2(C)C[C@H]1c1ccccc1O2. The maximum absolute atomic E-state index is 12.1. The van der Waals surface area contributed by atoms with Gasteiger partial charge in [-0.05, 0) is 18.6 Å². The normalized spacial score (nSPS) is 31.8. The molecule has 3 rings (SSSR count). The van der Waals surface area contributed by atoms with Crippen LogP contribution in [0.25, 0.3) is 0 Å². The van der Waals surface area contributed by atoms with Gasteiger partial charge in [-0.25, -0.2) is 0 Å². The molecule has 0 unspecified atom stereocenters. The van der Waals surface area contributed by atoms with Crippen LogP contribution in [0.5, 0.6) is 5.75 Å². The van der Waals surface area contributed by atoms with Crippen LogP contribution in [0.2, 0.25) is 0 Å². The number of benzene rings is 1. The molecule has 5 heteroatoms. The average molecular weight is 261 g/mol. The highest BCUT2D eigenvalue weighted by Crippen LogP contribution is 2.46. The minimum Gasteiger partial charge on any atom is -0.468 e. The quantitative estimate of drug-likeness (QED) is 0.609. The van der Waals surface area contributed by atoms with Crippen molar-refractivity contribution in [3.8, 4) is 5.75 Å². The number of fused-ring (bicyclic) bond motifs is 4. The molecular formula is C14H15NO4. The van der Waals surface area contributed by atoms with Gasteiger partial charge in [-0.2, -0.15) is 0 Å². The maximum Gasteiger partial charge on any atom is 0.318 e. The fraction of sp³-hybridized carbons (Fsp3) is 0.429. The van der Waals surface area contributed by atoms with E-state index in [1.54, 1.807) is 0 Å². The number of hydrogen-bond donors (Lipinski definition) is 1. The Hall–Kier alpha value is -2.04. The van der Waals surface area contributed by atoms with Crippen LogP contribution >= 0.6 is 0 Å². The van der Waals surface area contributed by atoms with Gasteiger partial charge in [-0.15, -0.1) is 0 Å². The van der Waals surface area contributed by atoms with Crippen LogP contribution in [0, 0.1) is 5.92 Å². The third kappa shape index (κ3) is 1.77. The summed E-state index contributed by atoms with van der Waals surface area (Å²) < 4.78 is 10.6. The lowest BCUT2D eigenvalue weighted by Crippen LogP contribution is -2.62. The summed E-state index contributed by atoms with van der Waals surface area (Å²) in [5.41, 5.74) is 0.144. The van der Waals surface area contributed by atoms with Crippen LogP contribution in [-0.4, -0.2) is 24.7 Å². The van der Waals surface area contributed by atoms with Crippen molar-refractivity contribution < 1.29 is 19.1 Å². The molecule has 2 aliphatic heterocycles. The molecule has 5 nitrogen and oxygen atoms in total. The second-order valence-electron chi connectivity index (χ2n) is 5.17. The number of methoxy groups -OCH3 is 1. The van der Waals surface area contributed by atoms with E-state index in [9.17, 15) is 9.59 Å². The van der Waals surface area contributed by atoms with Gasteiger partial charge in [0.2, 0.25) is 5.91 Å². The monoisotopic (exact) mass is 261 g/mol. The molecule has 19 heavy (non-hydrogen) atoms. The van der Waals surface area contributed by atoms with Gasteiger partial charge in [0.05, 0.1) is 7.11 Å². The van der Waals surface area contributed by atoms with E-state index in [2.05, 4.69) is 5.32 Å². The molecule has 2 bridgehead atoms. The lowest BCUT2D eigenvalue weighted by atomic mass is 9.75. The summed E-state index contributed by atoms with van der Waals surface area (Å²) in [5, 5.41) is 2.77. The number of esters is 1. The van der Waals surface area contributed by atoms with E-state index in [0.717, 1.165) is 11.3 Å². The van der Waals surface area contributed by atoms with Crippen LogP contribution in [-0.2, 0) is 14.3 Å². The van der Waals surface area contributed by atoms with Gasteiger partial charge in [0.1, 0.15) is 11.7 Å². The Bertz CT molecular complexity index is 556. The molecule has 2 heterocycles. The largest absolute Gasteiger partial charge is 0.468 e. The zero-order valence-corrected chi connectivity index (χ0v) is 10.8. The van der Waals surface area contributed by atoms with E-state index < -0.39 is 17.6 Å². The Morgan fingerprint density at radius 2 is 2.21 bits per heavy atom. The molecule has 0 saturated carbocycles. The summed E-state index contributed by atoms with van der Waals surface area (Å²) >= 11 is 0. The van der Waals surface area contributed by atoms with Gasteiger partial charge < -0.3 is 14.8 Å². The Morgan fingerprint density at radius 3 is 2.95 bits per heavy atom. The van der Waals surface area contributed by atoms with Crippen LogP contribution in [0.1, 0.15) is 24.8 Å². The molecule has 1 aromatic rings. The molecule has 0 aliphatic carbocycles. The zero-order chi connectivity index (χ0) is 13.6. The summed E-state index contributed by atoms with van der Waals surface area (Å²) in [4.78, 5) is 24.0. The topological polar surface area (TPSA) is 64.6 Å². The highest BCUT2D eigenvalue weighted by Gasteiger charge is 2.52. The summed E-state index contributed by atoms with van der Waals surface area (Å²) in [6.45, 7) is 1.82. The number of amides is 1. The number of hydrogen-bond acceptors (Lipinski definition) is 4. The zero-order valence-electron chi connectivity index (χ0n) is 10.8. The first kappa shape index (κ1) is 12.0. The summed E-state index contributed by atoms with van der Waals surface area (Å²) in [6, 6.07) is 7.50. The first-order chi connectivity index (χ1) is 9.04. The molecule has 1 saturated heterocycles. The molecule has 0 aromatic heterocycles. The number of rotatable bonds is 1. The molecule has 2 aliphatic rings. The first-order valence-electron chi connectivity index (χ1n) is 6.22. The van der Waals surface area contributed by atoms with Gasteiger partial charge >= 0.3 is 5.97 Å². The standard InChI is InChI=1S/C14H15NO4/c1-14-7-9(8-5-3-4-6-10(8)19-14)11(12(16)15-14)13(17)18-2/h3-6,9,11H,7H2,1-2H3,(H,15,16)/t9-,11-,14+/m0/s1. The summed E-state index contributed by atoms with van der Waals surface area (Å²) in [5.74, 6) is -1.12. The van der Waals surface area contributed by atoms with Crippen molar-refractivity contribution in [3.05, 3.63) is 29.8 Å². The van der Waals surface area contributed by atoms with Crippen molar-refractivity contribution in [2.24, 2.45) is 5.92 Å². The minimum absolute atomic E-state index is 0.198. The van der Waals surface area contributed by atoms with Crippen LogP contribution in [0.3, 0.4) is 0 Å². The maximum atomic E-state index is 12.1. The van der Waals surface area contributed by atoms with E-state index >= 15 is 0 Å². The third-order valence-corrected chi connectivity index (χ3v) is 3.79. The second-order valence-corrected chi connectivity index (χ2v) is 5.17. The van der Waals surface area contributed by atoms with Gasteiger partial charge in [-0.3, -0.25) is 9.59 Å². The highest BCUT2D eigenvalue weighted by atomic mass is 16.5. The molecule has 100 valence electrons. The lowest BCUT2D eigenvalue weighted by molar-refractivity contribution is -0.158. The number of piperidine rings is 1. The fourth-order valence-electron chi connectivity index (χ4n) is 2.99. The first-order valence-corrected chi connectivity index (χ1v) is 6.22. The number of carbonyl (C=O) groups excluding carboxylic acids is 2. The van der Waals surface area contributed by atoms with Crippen molar-refractivity contribution in [1.82, 2.24) is 5.32 Å². The van der Waals surface area contributed by atoms with E-state index in [1.165, 1.54) is 7.11 Å². The molecule has 1 amide bonds. The van der Waals surface area contributed by atoms with Crippen molar-refractivity contribution in [2.45, 2.75) is 25.0 Å². The van der Waals surface area contributed by atoms with Crippen LogP contribution in [0.4, 0.5) is 0 Å². The van der Waals surface area contributed by atoms with Crippen molar-refractivity contribution in [1.29, 1.82) is 0 Å². The highest BCUT2D eigenvalue weighted by molar-refractivity contribution is 6.00. The van der Waals surface area contributed by atoms with Gasteiger partial charge in [-0.1, -0.05) is 18.2 Å². The molecule has 0 radical (unpaired) electrons. The molecule has 1 fully saturated rings. The Balaban J connectivity index is 2.10. The fourth-order valence-corrected chi connectivity index (χ4v) is 2.99. The number of carbonyl (C=O) groups is 2. The minimum atomic E-state index is -0.803. The summed E-state index contributed by atoms with van der Waals surface area (Å²) in [6.07, 6.45) is 0.565. The number of nitrogens with one attached hydrogen (secondary N) is 1. The van der Waals surface area contributed by atoms with E-state index in [1.807, 2.05) is 31.2 Å². The van der Waals surface area contributed by atoms with Crippen molar-refractivity contribution in [2.75, 3.05) is 7.11 Å². The van der Waals surface area contributed by atoms with Gasteiger partial charge in [0.25, 0.3) is 0 Å². The number of para-hydroxylation sites is 1. The number of ether oxygens (including phenoxy) is 2. The van der Waals surface area contributed by atoms with E-state index in [0.29, 0.717) is 6.42 Å². The van der Waals surface area contributed by atoms with Crippen LogP contribution in [0.15, 0.2) is 24.3 Å². The Morgan fingerprint density at radius 1 is 1.47 bits per heavy atom. The van der Waals surface area contributed by atoms with E-state index in [4.69, 9.17) is 9.47 Å². The Kier molecular flexibility index (Phi) is 2.52. The van der Waals surface area contributed by atoms with Crippen molar-refractivity contribution in [3.63, 3.8) is 0 Å².